The SMILES string of the molecule is NC1CC[C@@H]2CN(C3=NS(=O)(=O)c4ccccc43)C[C@@H]2C1. The quantitative estimate of drug-likeness (QED) is 0.781. The lowest BCUT2D eigenvalue weighted by molar-refractivity contribution is 0.271. The van der Waals surface area contributed by atoms with Gasteiger partial charge in [-0.25, -0.2) is 0 Å². The zero-order valence-electron chi connectivity index (χ0n) is 11.8. The average molecular weight is 305 g/mol. The lowest BCUT2D eigenvalue weighted by Gasteiger charge is -2.27. The van der Waals surface area contributed by atoms with E-state index in [2.05, 4.69) is 9.30 Å². The summed E-state index contributed by atoms with van der Waals surface area (Å²) in [4.78, 5) is 2.49. The summed E-state index contributed by atoms with van der Waals surface area (Å²) in [5, 5.41) is 0. The van der Waals surface area contributed by atoms with E-state index in [1.807, 2.05) is 12.1 Å². The summed E-state index contributed by atoms with van der Waals surface area (Å²) in [6.45, 7) is 1.78. The predicted molar refractivity (Wildman–Crippen MR) is 80.5 cm³/mol. The monoisotopic (exact) mass is 305 g/mol. The smallest absolute Gasteiger partial charge is 0.285 e. The Bertz CT molecular complexity index is 713. The number of sulfonamides is 1. The van der Waals surface area contributed by atoms with Crippen LogP contribution in [0.3, 0.4) is 0 Å². The maximum absolute atomic E-state index is 12.2. The van der Waals surface area contributed by atoms with Crippen molar-refractivity contribution in [1.29, 1.82) is 0 Å². The fourth-order valence-electron chi connectivity index (χ4n) is 3.96. The van der Waals surface area contributed by atoms with E-state index >= 15 is 0 Å². The molecule has 3 aliphatic rings. The third-order valence-corrected chi connectivity index (χ3v) is 6.33. The number of hydrogen-bond donors (Lipinski definition) is 1. The topological polar surface area (TPSA) is 75.8 Å². The van der Waals surface area contributed by atoms with Crippen LogP contribution in [0.5, 0.6) is 0 Å². The second-order valence-corrected chi connectivity index (χ2v) is 7.96. The van der Waals surface area contributed by atoms with E-state index < -0.39 is 10.0 Å². The van der Waals surface area contributed by atoms with Crippen LogP contribution in [-0.4, -0.2) is 38.3 Å². The number of nitrogens with zero attached hydrogens (tertiary/aromatic N) is 2. The van der Waals surface area contributed by atoms with Gasteiger partial charge in [-0.3, -0.25) is 0 Å². The van der Waals surface area contributed by atoms with Gasteiger partial charge >= 0.3 is 0 Å². The molecule has 1 saturated heterocycles. The number of amidine groups is 1. The Morgan fingerprint density at radius 1 is 1.14 bits per heavy atom. The van der Waals surface area contributed by atoms with Crippen molar-refractivity contribution in [1.82, 2.24) is 4.90 Å². The Balaban J connectivity index is 1.67. The summed E-state index contributed by atoms with van der Waals surface area (Å²) in [5.41, 5.74) is 6.82. The molecule has 1 saturated carbocycles. The minimum atomic E-state index is -3.51. The highest BCUT2D eigenvalue weighted by molar-refractivity contribution is 7.90. The van der Waals surface area contributed by atoms with Crippen LogP contribution in [-0.2, 0) is 10.0 Å². The molecule has 1 aromatic rings. The van der Waals surface area contributed by atoms with E-state index in [-0.39, 0.29) is 0 Å². The number of benzene rings is 1. The molecule has 2 aliphatic heterocycles. The van der Waals surface area contributed by atoms with Crippen LogP contribution in [0.2, 0.25) is 0 Å². The molecule has 2 heterocycles. The standard InChI is InChI=1S/C15H19N3O2S/c16-12-6-5-10-8-18(9-11(10)7-12)15-13-3-1-2-4-14(13)21(19,20)17-15/h1-4,10-12H,5-9,16H2/t10-,11+,12?/m1/s1. The second kappa shape index (κ2) is 4.55. The van der Waals surface area contributed by atoms with Gasteiger partial charge in [0.05, 0.1) is 0 Å². The summed E-state index contributed by atoms with van der Waals surface area (Å²) in [6, 6.07) is 7.41. The highest BCUT2D eigenvalue weighted by Gasteiger charge is 2.41. The second-order valence-electron chi connectivity index (χ2n) is 6.38. The van der Waals surface area contributed by atoms with Crippen LogP contribution >= 0.6 is 0 Å². The Kier molecular flexibility index (Phi) is 2.87. The molecule has 0 amide bonds. The molecule has 112 valence electrons. The van der Waals surface area contributed by atoms with Crippen molar-refractivity contribution >= 4 is 15.9 Å². The maximum atomic E-state index is 12.2. The zero-order valence-corrected chi connectivity index (χ0v) is 12.6. The van der Waals surface area contributed by atoms with Crippen molar-refractivity contribution in [3.63, 3.8) is 0 Å². The summed E-state index contributed by atoms with van der Waals surface area (Å²) in [6.07, 6.45) is 3.27. The fraction of sp³-hybridized carbons (Fsp3) is 0.533. The van der Waals surface area contributed by atoms with E-state index in [4.69, 9.17) is 5.73 Å². The van der Waals surface area contributed by atoms with Crippen molar-refractivity contribution in [3.8, 4) is 0 Å². The number of likely N-dealkylation sites (tertiary alicyclic amines) is 1. The summed E-state index contributed by atoms with van der Waals surface area (Å²) >= 11 is 0. The molecular weight excluding hydrogens is 286 g/mol. The van der Waals surface area contributed by atoms with Gasteiger partial charge in [0.2, 0.25) is 0 Å². The molecule has 0 radical (unpaired) electrons. The largest absolute Gasteiger partial charge is 0.355 e. The van der Waals surface area contributed by atoms with Crippen LogP contribution in [0, 0.1) is 11.8 Å². The highest BCUT2D eigenvalue weighted by atomic mass is 32.2. The normalized spacial score (nSPS) is 33.5. The first-order valence-electron chi connectivity index (χ1n) is 7.49. The Hall–Kier alpha value is -1.40. The lowest BCUT2D eigenvalue weighted by atomic mass is 9.79. The lowest BCUT2D eigenvalue weighted by Crippen LogP contribution is -2.32. The first-order chi connectivity index (χ1) is 10.0. The van der Waals surface area contributed by atoms with Crippen LogP contribution < -0.4 is 5.73 Å². The molecule has 1 aromatic carbocycles. The molecule has 6 heteroatoms. The van der Waals surface area contributed by atoms with Crippen molar-refractivity contribution in [3.05, 3.63) is 29.8 Å². The van der Waals surface area contributed by atoms with Crippen LogP contribution in [0.4, 0.5) is 0 Å². The van der Waals surface area contributed by atoms with Gasteiger partial charge in [0.1, 0.15) is 4.90 Å². The molecule has 1 aliphatic carbocycles. The Labute approximate surface area is 124 Å². The Morgan fingerprint density at radius 2 is 1.90 bits per heavy atom. The zero-order chi connectivity index (χ0) is 14.6. The number of fused-ring (bicyclic) bond motifs is 2. The predicted octanol–water partition coefficient (Wildman–Crippen LogP) is 1.19. The van der Waals surface area contributed by atoms with Crippen molar-refractivity contribution < 1.29 is 8.42 Å². The first-order valence-corrected chi connectivity index (χ1v) is 8.93. The van der Waals surface area contributed by atoms with Gasteiger partial charge in [-0.1, -0.05) is 12.1 Å². The molecular formula is C15H19N3O2S. The van der Waals surface area contributed by atoms with Gasteiger partial charge in [0, 0.05) is 24.7 Å². The van der Waals surface area contributed by atoms with E-state index in [0.717, 1.165) is 37.9 Å². The molecule has 1 unspecified atom stereocenters. The van der Waals surface area contributed by atoms with E-state index in [9.17, 15) is 8.42 Å². The van der Waals surface area contributed by atoms with Crippen molar-refractivity contribution in [2.75, 3.05) is 13.1 Å². The summed E-state index contributed by atoms with van der Waals surface area (Å²) in [7, 11) is -3.51. The van der Waals surface area contributed by atoms with E-state index in [1.54, 1.807) is 12.1 Å². The van der Waals surface area contributed by atoms with E-state index in [1.165, 1.54) is 0 Å². The molecule has 5 nitrogen and oxygen atoms in total. The molecule has 4 rings (SSSR count). The molecule has 21 heavy (non-hydrogen) atoms. The molecule has 0 aromatic heterocycles. The van der Waals surface area contributed by atoms with Crippen molar-refractivity contribution in [2.45, 2.75) is 30.2 Å². The molecule has 2 fully saturated rings. The van der Waals surface area contributed by atoms with E-state index in [0.29, 0.717) is 28.6 Å². The number of hydrogen-bond acceptors (Lipinski definition) is 4. The minimum absolute atomic E-state index is 0.299. The first kappa shape index (κ1) is 13.3. The van der Waals surface area contributed by atoms with Gasteiger partial charge in [-0.05, 0) is 43.2 Å². The van der Waals surface area contributed by atoms with Gasteiger partial charge in [-0.2, -0.15) is 8.42 Å². The minimum Gasteiger partial charge on any atom is -0.355 e. The maximum Gasteiger partial charge on any atom is 0.285 e. The van der Waals surface area contributed by atoms with Crippen LogP contribution in [0.1, 0.15) is 24.8 Å². The van der Waals surface area contributed by atoms with Gasteiger partial charge in [-0.15, -0.1) is 4.40 Å². The molecule has 2 N–H and O–H groups in total. The summed E-state index contributed by atoms with van der Waals surface area (Å²) < 4.78 is 28.3. The van der Waals surface area contributed by atoms with Crippen LogP contribution in [0.15, 0.2) is 33.6 Å². The van der Waals surface area contributed by atoms with Crippen LogP contribution in [0.25, 0.3) is 0 Å². The van der Waals surface area contributed by atoms with Gasteiger partial charge in [0.25, 0.3) is 10.0 Å². The third-order valence-electron chi connectivity index (χ3n) is 5.00. The van der Waals surface area contributed by atoms with Gasteiger partial charge < -0.3 is 10.6 Å². The molecule has 0 bridgehead atoms. The van der Waals surface area contributed by atoms with Gasteiger partial charge in [0.15, 0.2) is 5.84 Å². The summed E-state index contributed by atoms with van der Waals surface area (Å²) in [5.74, 6) is 1.84. The number of nitrogens with two attached hydrogens (primary N) is 1. The highest BCUT2D eigenvalue weighted by Crippen LogP contribution is 2.38. The Morgan fingerprint density at radius 3 is 2.76 bits per heavy atom. The molecule has 3 atom stereocenters. The average Bonchev–Trinajstić information content (AvgIpc) is 2.98. The molecule has 0 spiro atoms. The van der Waals surface area contributed by atoms with Crippen molar-refractivity contribution in [2.24, 2.45) is 22.0 Å². The number of rotatable bonds is 0. The third kappa shape index (κ3) is 2.08. The fourth-order valence-corrected chi connectivity index (χ4v) is 5.18.